The number of nitrogens with zero attached hydrogens (tertiary/aromatic N) is 2. The van der Waals surface area contributed by atoms with Gasteiger partial charge in [-0.2, -0.15) is 22.0 Å². The number of rotatable bonds is 2. The van der Waals surface area contributed by atoms with Crippen molar-refractivity contribution in [1.82, 2.24) is 10.2 Å². The number of thioether (sulfide) groups is 1. The van der Waals surface area contributed by atoms with Gasteiger partial charge in [-0.3, -0.25) is 4.79 Å². The molecule has 2 aliphatic rings. The minimum atomic E-state index is -0.0380. The molecular weight excluding hydrogens is 248 g/mol. The monoisotopic (exact) mass is 264 g/mol. The Hall–Kier alpha value is -0.940. The van der Waals surface area contributed by atoms with Crippen LogP contribution in [0.1, 0.15) is 29.6 Å². The lowest BCUT2D eigenvalue weighted by Gasteiger charge is -2.37. The molecule has 2 atom stereocenters. The molecule has 18 heavy (non-hydrogen) atoms. The van der Waals surface area contributed by atoms with E-state index >= 15 is 0 Å². The van der Waals surface area contributed by atoms with Gasteiger partial charge in [-0.05, 0) is 31.1 Å². The first-order valence-corrected chi connectivity index (χ1v) is 7.47. The number of hydrogen-bond acceptors (Lipinski definition) is 5. The third kappa shape index (κ3) is 2.29. The first-order valence-electron chi connectivity index (χ1n) is 6.32. The average Bonchev–Trinajstić information content (AvgIpc) is 2.87. The third-order valence-electron chi connectivity index (χ3n) is 3.80. The van der Waals surface area contributed by atoms with Crippen LogP contribution >= 0.6 is 11.8 Å². The van der Waals surface area contributed by atoms with E-state index in [1.54, 1.807) is 18.5 Å². The summed E-state index contributed by atoms with van der Waals surface area (Å²) in [7, 11) is 0. The molecule has 0 radical (unpaired) electrons. The van der Waals surface area contributed by atoms with Crippen LogP contribution in [0.4, 0.5) is 0 Å². The molecule has 0 saturated carbocycles. The Morgan fingerprint density at radius 2 is 2.44 bits per heavy atom. The summed E-state index contributed by atoms with van der Waals surface area (Å²) in [5.41, 5.74) is 0.640. The number of ether oxygens (including phenoxy) is 1. The summed E-state index contributed by atoms with van der Waals surface area (Å²) in [6.07, 6.45) is 5.91. The number of hydrogen-bond donors (Lipinski definition) is 0. The largest absolute Gasteiger partial charge is 0.374 e. The average molecular weight is 264 g/mol. The van der Waals surface area contributed by atoms with Gasteiger partial charge >= 0.3 is 0 Å². The molecular formula is C13H16N2O2S. The second kappa shape index (κ2) is 4.97. The zero-order valence-electron chi connectivity index (χ0n) is 10.2. The summed E-state index contributed by atoms with van der Waals surface area (Å²) in [5, 5.41) is 7.50. The molecule has 0 bridgehead atoms. The summed E-state index contributed by atoms with van der Waals surface area (Å²) in [6.45, 7) is 0.704. The minimum Gasteiger partial charge on any atom is -0.374 e. The van der Waals surface area contributed by atoms with E-state index in [2.05, 4.69) is 10.2 Å². The number of ketones is 1. The highest BCUT2D eigenvalue weighted by Gasteiger charge is 2.42. The molecule has 1 aromatic rings. The van der Waals surface area contributed by atoms with E-state index in [0.29, 0.717) is 12.2 Å². The van der Waals surface area contributed by atoms with Crippen molar-refractivity contribution in [2.45, 2.75) is 24.9 Å². The molecule has 1 spiro atoms. The van der Waals surface area contributed by atoms with E-state index in [1.165, 1.54) is 0 Å². The lowest BCUT2D eigenvalue weighted by atomic mass is 9.81. The Morgan fingerprint density at radius 3 is 3.17 bits per heavy atom. The highest BCUT2D eigenvalue weighted by molar-refractivity contribution is 7.99. The van der Waals surface area contributed by atoms with E-state index in [4.69, 9.17) is 4.74 Å². The summed E-state index contributed by atoms with van der Waals surface area (Å²) < 4.78 is 5.94. The summed E-state index contributed by atoms with van der Waals surface area (Å²) in [5.74, 6) is 2.47. The summed E-state index contributed by atoms with van der Waals surface area (Å²) in [6, 6.07) is 1.75. The summed E-state index contributed by atoms with van der Waals surface area (Å²) in [4.78, 5) is 12.4. The van der Waals surface area contributed by atoms with E-state index < -0.39 is 0 Å². The van der Waals surface area contributed by atoms with Crippen LogP contribution in [0.2, 0.25) is 0 Å². The van der Waals surface area contributed by atoms with Gasteiger partial charge in [0, 0.05) is 23.8 Å². The van der Waals surface area contributed by atoms with Gasteiger partial charge in [0.25, 0.3) is 0 Å². The molecule has 0 amide bonds. The Labute approximate surface area is 111 Å². The quantitative estimate of drug-likeness (QED) is 0.764. The Bertz CT molecular complexity index is 432. The Kier molecular flexibility index (Phi) is 3.35. The number of Topliss-reactive ketones (excluding diaryl/α,β-unsaturated/α-hetero) is 1. The van der Waals surface area contributed by atoms with Crippen LogP contribution in [0.5, 0.6) is 0 Å². The van der Waals surface area contributed by atoms with Gasteiger partial charge in [-0.25, -0.2) is 0 Å². The maximum Gasteiger partial charge on any atom is 0.167 e. The predicted molar refractivity (Wildman–Crippen MR) is 69.7 cm³/mol. The maximum absolute atomic E-state index is 12.4. The highest BCUT2D eigenvalue weighted by Crippen LogP contribution is 2.41. The van der Waals surface area contributed by atoms with E-state index in [9.17, 15) is 4.79 Å². The van der Waals surface area contributed by atoms with Crippen LogP contribution in [0, 0.1) is 5.92 Å². The standard InChI is InChI=1S/C13H16N2O2S/c16-12(11-1-4-14-15-8-11)10-2-5-17-13(7-10)3-6-18-9-13/h1,4,8,10H,2-3,5-7,9H2. The lowest BCUT2D eigenvalue weighted by molar-refractivity contribution is -0.0734. The van der Waals surface area contributed by atoms with Crippen molar-refractivity contribution in [3.8, 4) is 0 Å². The third-order valence-corrected chi connectivity index (χ3v) is 5.02. The topological polar surface area (TPSA) is 52.1 Å². The second-order valence-corrected chi connectivity index (χ2v) is 6.12. The zero-order valence-corrected chi connectivity index (χ0v) is 11.0. The molecule has 2 aliphatic heterocycles. The molecule has 4 nitrogen and oxygen atoms in total. The predicted octanol–water partition coefficient (Wildman–Crippen LogP) is 1.96. The van der Waals surface area contributed by atoms with Crippen molar-refractivity contribution in [2.75, 3.05) is 18.1 Å². The molecule has 2 fully saturated rings. The van der Waals surface area contributed by atoms with Gasteiger partial charge in [-0.1, -0.05) is 0 Å². The van der Waals surface area contributed by atoms with Crippen molar-refractivity contribution in [2.24, 2.45) is 5.92 Å². The van der Waals surface area contributed by atoms with Crippen LogP contribution in [-0.4, -0.2) is 39.7 Å². The van der Waals surface area contributed by atoms with Crippen LogP contribution < -0.4 is 0 Å². The summed E-state index contributed by atoms with van der Waals surface area (Å²) >= 11 is 1.93. The van der Waals surface area contributed by atoms with Crippen LogP contribution in [0.15, 0.2) is 18.5 Å². The molecule has 0 N–H and O–H groups in total. The van der Waals surface area contributed by atoms with Crippen LogP contribution in [0.25, 0.3) is 0 Å². The van der Waals surface area contributed by atoms with Gasteiger partial charge < -0.3 is 4.74 Å². The fraction of sp³-hybridized carbons (Fsp3) is 0.615. The number of carbonyl (C=O) groups excluding carboxylic acids is 1. The fourth-order valence-corrected chi connectivity index (χ4v) is 4.17. The van der Waals surface area contributed by atoms with E-state index in [-0.39, 0.29) is 17.3 Å². The lowest BCUT2D eigenvalue weighted by Crippen LogP contribution is -2.42. The van der Waals surface area contributed by atoms with Crippen LogP contribution in [-0.2, 0) is 4.74 Å². The van der Waals surface area contributed by atoms with Gasteiger partial charge in [0.1, 0.15) is 0 Å². The molecule has 0 aromatic carbocycles. The highest BCUT2D eigenvalue weighted by atomic mass is 32.2. The number of aromatic nitrogens is 2. The molecule has 1 aromatic heterocycles. The van der Waals surface area contributed by atoms with Crippen molar-refractivity contribution >= 4 is 17.5 Å². The zero-order chi connectivity index (χ0) is 12.4. The number of carbonyl (C=O) groups is 1. The molecule has 5 heteroatoms. The first-order chi connectivity index (χ1) is 8.79. The SMILES string of the molecule is O=C(c1ccnnc1)C1CCOC2(CCSC2)C1. The van der Waals surface area contributed by atoms with Crippen molar-refractivity contribution < 1.29 is 9.53 Å². The van der Waals surface area contributed by atoms with Gasteiger partial charge in [0.2, 0.25) is 0 Å². The molecule has 3 rings (SSSR count). The van der Waals surface area contributed by atoms with Gasteiger partial charge in [0.05, 0.1) is 18.0 Å². The molecule has 0 aliphatic carbocycles. The van der Waals surface area contributed by atoms with Gasteiger partial charge in [0.15, 0.2) is 5.78 Å². The second-order valence-electron chi connectivity index (χ2n) is 5.02. The molecule has 96 valence electrons. The maximum atomic E-state index is 12.4. The smallest absolute Gasteiger partial charge is 0.167 e. The normalized spacial score (nSPS) is 31.7. The van der Waals surface area contributed by atoms with E-state index in [0.717, 1.165) is 30.8 Å². The van der Waals surface area contributed by atoms with Crippen molar-refractivity contribution in [1.29, 1.82) is 0 Å². The van der Waals surface area contributed by atoms with Crippen LogP contribution in [0.3, 0.4) is 0 Å². The molecule has 2 saturated heterocycles. The fourth-order valence-electron chi connectivity index (χ4n) is 2.79. The Balaban J connectivity index is 1.74. The Morgan fingerprint density at radius 1 is 1.50 bits per heavy atom. The van der Waals surface area contributed by atoms with Crippen molar-refractivity contribution in [3.63, 3.8) is 0 Å². The first kappa shape index (κ1) is 12.1. The molecule has 3 heterocycles. The van der Waals surface area contributed by atoms with Crippen molar-refractivity contribution in [3.05, 3.63) is 24.0 Å². The van der Waals surface area contributed by atoms with Gasteiger partial charge in [-0.15, -0.1) is 0 Å². The van der Waals surface area contributed by atoms with E-state index in [1.807, 2.05) is 11.8 Å². The minimum absolute atomic E-state index is 0.0380. The molecule has 2 unspecified atom stereocenters.